The highest BCUT2D eigenvalue weighted by atomic mass is 31.2. The maximum Gasteiger partial charge on any atom is 0.472 e. The Labute approximate surface area is 409 Å². The lowest BCUT2D eigenvalue weighted by Crippen LogP contribution is -2.28. The zero-order chi connectivity index (χ0) is 48.0. The minimum absolute atomic E-state index is 0.0969. The molecular weight excluding hydrogens is 842 g/mol. The maximum absolute atomic E-state index is 12.7. The van der Waals surface area contributed by atoms with E-state index in [4.69, 9.17) is 24.3 Å². The van der Waals surface area contributed by atoms with E-state index in [1.807, 2.05) is 0 Å². The van der Waals surface area contributed by atoms with E-state index in [9.17, 15) is 14.3 Å². The molecule has 0 amide bonds. The third kappa shape index (κ3) is 53.4. The predicted molar refractivity (Wildman–Crippen MR) is 284 cm³/mol. The van der Waals surface area contributed by atoms with Crippen molar-refractivity contribution < 1.29 is 32.8 Å². The topological polar surface area (TPSA) is 117 Å². The van der Waals surface area contributed by atoms with E-state index in [0.717, 1.165) is 64.2 Å². The summed E-state index contributed by atoms with van der Waals surface area (Å²) in [6.45, 7) is 4.85. The van der Waals surface area contributed by atoms with Crippen molar-refractivity contribution in [2.24, 2.45) is 5.73 Å². The van der Waals surface area contributed by atoms with Crippen LogP contribution in [0.4, 0.5) is 0 Å². The Kier molecular flexibility index (Phi) is 53.1. The number of phosphoric acid groups is 1. The summed E-state index contributed by atoms with van der Waals surface area (Å²) in [7, 11) is -4.29. The minimum atomic E-state index is -4.29. The quantitative estimate of drug-likeness (QED) is 0.0268. The smallest absolute Gasteiger partial charge is 0.457 e. The van der Waals surface area contributed by atoms with Crippen LogP contribution in [0.15, 0.2) is 48.6 Å². The molecule has 66 heavy (non-hydrogen) atoms. The lowest BCUT2D eigenvalue weighted by atomic mass is 10.0. The van der Waals surface area contributed by atoms with Crippen LogP contribution in [0, 0.1) is 0 Å². The van der Waals surface area contributed by atoms with Crippen molar-refractivity contribution in [1.82, 2.24) is 0 Å². The van der Waals surface area contributed by atoms with Gasteiger partial charge in [0.05, 0.1) is 19.8 Å². The molecule has 9 heteroatoms. The van der Waals surface area contributed by atoms with Crippen LogP contribution in [0.3, 0.4) is 0 Å². The molecule has 0 aliphatic carbocycles. The molecule has 388 valence electrons. The highest BCUT2D eigenvalue weighted by molar-refractivity contribution is 7.47. The summed E-state index contributed by atoms with van der Waals surface area (Å²) in [6.07, 6.45) is 67.4. The Morgan fingerprint density at radius 3 is 1.27 bits per heavy atom. The van der Waals surface area contributed by atoms with Crippen molar-refractivity contribution in [1.29, 1.82) is 0 Å². The molecule has 2 unspecified atom stereocenters. The third-order valence-corrected chi connectivity index (χ3v) is 13.2. The SMILES string of the molecule is CC/C=C\C/C=C\C/C=C\C/C=C\CCCCCCCCCCC(=O)OC(COCCCCCCCCCCCCCCCCCCCCCCCCCCCC)COP(=O)(O)OCCN. The first-order valence-corrected chi connectivity index (χ1v) is 29.6. The van der Waals surface area contributed by atoms with Crippen LogP contribution in [0.5, 0.6) is 0 Å². The Bertz CT molecular complexity index is 1160. The second-order valence-corrected chi connectivity index (χ2v) is 20.2. The fourth-order valence-electron chi connectivity index (χ4n) is 8.17. The number of allylic oxidation sites excluding steroid dienone is 8. The van der Waals surface area contributed by atoms with Crippen molar-refractivity contribution in [2.45, 2.75) is 277 Å². The number of ether oxygens (including phenoxy) is 2. The number of esters is 1. The molecule has 0 fully saturated rings. The lowest BCUT2D eigenvalue weighted by molar-refractivity contribution is -0.154. The Hall–Kier alpha value is -1.54. The maximum atomic E-state index is 12.7. The van der Waals surface area contributed by atoms with Gasteiger partial charge in [0, 0.05) is 19.6 Å². The molecule has 8 nitrogen and oxygen atoms in total. The molecule has 0 rings (SSSR count). The predicted octanol–water partition coefficient (Wildman–Crippen LogP) is 17.9. The highest BCUT2D eigenvalue weighted by Gasteiger charge is 2.25. The van der Waals surface area contributed by atoms with Gasteiger partial charge < -0.3 is 20.1 Å². The second kappa shape index (κ2) is 54.4. The standard InChI is InChI=1S/C57H108NO7P/c1-3-5-7-9-11-13-15-17-19-21-23-25-26-27-28-29-31-33-35-37-39-41-43-45-47-49-52-62-54-56(55-64-66(60,61)63-53-51-58)65-57(59)50-48-46-44-42-40-38-36-34-32-30-24-22-20-18-16-14-12-10-8-6-4-2/h6,8,12,14,18,20,24,30,56H,3-5,7,9-11,13,15-17,19,21-23,25-29,31-55,58H2,1-2H3,(H,60,61)/b8-6-,14-12-,20-18-,30-24-. The molecule has 0 saturated heterocycles. The molecule has 0 saturated carbocycles. The number of carbonyl (C=O) groups excluding carboxylic acids is 1. The average Bonchev–Trinajstić information content (AvgIpc) is 3.31. The number of hydrogen-bond donors (Lipinski definition) is 2. The summed E-state index contributed by atoms with van der Waals surface area (Å²) >= 11 is 0. The molecule has 2 atom stereocenters. The number of unbranched alkanes of at least 4 members (excludes halogenated alkanes) is 33. The van der Waals surface area contributed by atoms with Gasteiger partial charge in [-0.1, -0.05) is 262 Å². The van der Waals surface area contributed by atoms with Gasteiger partial charge in [-0.15, -0.1) is 0 Å². The van der Waals surface area contributed by atoms with Crippen LogP contribution in [0.1, 0.15) is 271 Å². The Morgan fingerprint density at radius 1 is 0.470 bits per heavy atom. The Morgan fingerprint density at radius 2 is 0.848 bits per heavy atom. The first-order chi connectivity index (χ1) is 32.4. The lowest BCUT2D eigenvalue weighted by Gasteiger charge is -2.20. The largest absolute Gasteiger partial charge is 0.472 e. The van der Waals surface area contributed by atoms with Gasteiger partial charge in [0.1, 0.15) is 6.10 Å². The normalized spacial score (nSPS) is 13.6. The van der Waals surface area contributed by atoms with Crippen molar-refractivity contribution in [2.75, 3.05) is 33.0 Å². The van der Waals surface area contributed by atoms with Crippen LogP contribution >= 0.6 is 7.82 Å². The number of nitrogens with two attached hydrogens (primary N) is 1. The van der Waals surface area contributed by atoms with Gasteiger partial charge in [0.2, 0.25) is 0 Å². The highest BCUT2D eigenvalue weighted by Crippen LogP contribution is 2.43. The van der Waals surface area contributed by atoms with Crippen molar-refractivity contribution >= 4 is 13.8 Å². The molecule has 0 heterocycles. The second-order valence-electron chi connectivity index (χ2n) is 18.8. The fraction of sp³-hybridized carbons (Fsp3) is 0.842. The molecule has 0 aliphatic heterocycles. The summed E-state index contributed by atoms with van der Waals surface area (Å²) in [5.41, 5.74) is 5.40. The number of rotatable bonds is 54. The van der Waals surface area contributed by atoms with Gasteiger partial charge >= 0.3 is 13.8 Å². The van der Waals surface area contributed by atoms with Crippen LogP contribution in [0.25, 0.3) is 0 Å². The van der Waals surface area contributed by atoms with Gasteiger partial charge in [-0.3, -0.25) is 13.8 Å². The van der Waals surface area contributed by atoms with Crippen LogP contribution in [-0.4, -0.2) is 49.9 Å². The molecule has 0 radical (unpaired) electrons. The van der Waals surface area contributed by atoms with Gasteiger partial charge in [0.25, 0.3) is 0 Å². The number of hydrogen-bond acceptors (Lipinski definition) is 7. The molecule has 0 aromatic heterocycles. The molecule has 3 N–H and O–H groups in total. The van der Waals surface area contributed by atoms with E-state index in [1.54, 1.807) is 0 Å². The average molecular weight is 950 g/mol. The monoisotopic (exact) mass is 950 g/mol. The molecule has 0 aromatic carbocycles. The van der Waals surface area contributed by atoms with Crippen LogP contribution in [0.2, 0.25) is 0 Å². The fourth-order valence-corrected chi connectivity index (χ4v) is 8.93. The van der Waals surface area contributed by atoms with Crippen LogP contribution in [-0.2, 0) is 27.9 Å². The van der Waals surface area contributed by atoms with E-state index < -0.39 is 13.9 Å². The minimum Gasteiger partial charge on any atom is -0.457 e. The van der Waals surface area contributed by atoms with E-state index in [-0.39, 0.29) is 32.3 Å². The number of carbonyl (C=O) groups is 1. The van der Waals surface area contributed by atoms with Crippen LogP contribution < -0.4 is 5.73 Å². The van der Waals surface area contributed by atoms with E-state index in [1.165, 1.54) is 186 Å². The zero-order valence-corrected chi connectivity index (χ0v) is 44.3. The van der Waals surface area contributed by atoms with E-state index in [2.05, 4.69) is 62.5 Å². The van der Waals surface area contributed by atoms with Gasteiger partial charge in [0.15, 0.2) is 0 Å². The summed E-state index contributed by atoms with van der Waals surface area (Å²) in [5.74, 6) is -0.334. The summed E-state index contributed by atoms with van der Waals surface area (Å²) < 4.78 is 33.7. The summed E-state index contributed by atoms with van der Waals surface area (Å²) in [6, 6.07) is 0. The van der Waals surface area contributed by atoms with E-state index >= 15 is 0 Å². The molecule has 0 aromatic rings. The van der Waals surface area contributed by atoms with Crippen molar-refractivity contribution in [3.63, 3.8) is 0 Å². The number of phosphoric ester groups is 1. The molecule has 0 spiro atoms. The van der Waals surface area contributed by atoms with Crippen molar-refractivity contribution in [3.8, 4) is 0 Å². The zero-order valence-electron chi connectivity index (χ0n) is 43.4. The van der Waals surface area contributed by atoms with Gasteiger partial charge in [-0.2, -0.15) is 0 Å². The molecule has 0 bridgehead atoms. The van der Waals surface area contributed by atoms with Gasteiger partial charge in [-0.25, -0.2) is 4.57 Å². The first-order valence-electron chi connectivity index (χ1n) is 28.1. The summed E-state index contributed by atoms with van der Waals surface area (Å²) in [4.78, 5) is 22.6. The Balaban J connectivity index is 3.87. The van der Waals surface area contributed by atoms with Crippen molar-refractivity contribution in [3.05, 3.63) is 48.6 Å². The summed E-state index contributed by atoms with van der Waals surface area (Å²) in [5, 5.41) is 0. The first kappa shape index (κ1) is 64.5. The third-order valence-electron chi connectivity index (χ3n) is 12.3. The molecular formula is C57H108NO7P. The van der Waals surface area contributed by atoms with Gasteiger partial charge in [-0.05, 0) is 51.4 Å². The van der Waals surface area contributed by atoms with E-state index in [0.29, 0.717) is 13.0 Å². The molecule has 0 aliphatic rings.